The fraction of sp³-hybridized carbons (Fsp3) is 0.227. The van der Waals surface area contributed by atoms with Crippen molar-refractivity contribution < 1.29 is 23.8 Å². The molecule has 6 nitrogen and oxygen atoms in total. The minimum atomic E-state index is -0.462. The highest BCUT2D eigenvalue weighted by atomic mass is 16.5. The van der Waals surface area contributed by atoms with Crippen molar-refractivity contribution in [3.8, 4) is 11.5 Å². The second-order valence-electron chi connectivity index (χ2n) is 6.11. The number of carbonyl (C=O) groups is 2. The molecule has 0 spiro atoms. The highest BCUT2D eigenvalue weighted by Gasteiger charge is 2.20. The summed E-state index contributed by atoms with van der Waals surface area (Å²) in [6.45, 7) is 4.20. The van der Waals surface area contributed by atoms with Crippen LogP contribution in [0.2, 0.25) is 0 Å². The molecule has 0 saturated carbocycles. The van der Waals surface area contributed by atoms with Crippen LogP contribution in [0.3, 0.4) is 0 Å². The molecule has 0 unspecified atom stereocenters. The van der Waals surface area contributed by atoms with E-state index >= 15 is 0 Å². The Morgan fingerprint density at radius 2 is 1.89 bits per heavy atom. The van der Waals surface area contributed by atoms with Crippen LogP contribution in [-0.4, -0.2) is 31.0 Å². The van der Waals surface area contributed by atoms with E-state index in [2.05, 4.69) is 4.98 Å². The number of carbonyl (C=O) groups excluding carboxylic acids is 2. The molecule has 0 N–H and O–H groups in total. The van der Waals surface area contributed by atoms with Gasteiger partial charge in [-0.1, -0.05) is 18.2 Å². The molecule has 0 aliphatic heterocycles. The first-order valence-corrected chi connectivity index (χ1v) is 8.90. The first kappa shape index (κ1) is 19.4. The van der Waals surface area contributed by atoms with Gasteiger partial charge < -0.3 is 14.2 Å². The van der Waals surface area contributed by atoms with E-state index < -0.39 is 5.97 Å². The Bertz CT molecular complexity index is 1030. The Hall–Kier alpha value is -3.41. The van der Waals surface area contributed by atoms with E-state index in [1.807, 2.05) is 38.1 Å². The maximum Gasteiger partial charge on any atom is 0.340 e. The summed E-state index contributed by atoms with van der Waals surface area (Å²) >= 11 is 0. The van der Waals surface area contributed by atoms with Crippen LogP contribution in [0.15, 0.2) is 42.5 Å². The lowest BCUT2D eigenvalue weighted by atomic mass is 10.0. The lowest BCUT2D eigenvalue weighted by Crippen LogP contribution is -2.13. The highest BCUT2D eigenvalue weighted by Crippen LogP contribution is 2.30. The van der Waals surface area contributed by atoms with Crippen LogP contribution in [0.4, 0.5) is 0 Å². The molecule has 0 fully saturated rings. The molecule has 0 amide bonds. The number of methoxy groups -OCH3 is 1. The Morgan fingerprint density at radius 3 is 2.61 bits per heavy atom. The third kappa shape index (κ3) is 3.81. The molecule has 0 bridgehead atoms. The number of fused-ring (bicyclic) bond motifs is 1. The standard InChI is InChI=1S/C22H21NO5/c1-4-27-20-11-15(12-24)9-10-19(20)28-13-18-21(22(25)26-3)14(2)16-7-5-6-8-17(16)23-18/h5-12H,4,13H2,1-3H3. The quantitative estimate of drug-likeness (QED) is 0.454. The number of aryl methyl sites for hydroxylation is 1. The number of pyridine rings is 1. The largest absolute Gasteiger partial charge is 0.490 e. The molecule has 0 saturated heterocycles. The minimum absolute atomic E-state index is 0.0522. The number of benzene rings is 2. The van der Waals surface area contributed by atoms with Gasteiger partial charge in [0, 0.05) is 10.9 Å². The van der Waals surface area contributed by atoms with Crippen molar-refractivity contribution in [3.05, 3.63) is 64.8 Å². The van der Waals surface area contributed by atoms with Gasteiger partial charge >= 0.3 is 5.97 Å². The number of hydrogen-bond acceptors (Lipinski definition) is 6. The average Bonchev–Trinajstić information content (AvgIpc) is 2.72. The molecule has 0 atom stereocenters. The van der Waals surface area contributed by atoms with Gasteiger partial charge in [-0.3, -0.25) is 4.79 Å². The summed E-state index contributed by atoms with van der Waals surface area (Å²) in [7, 11) is 1.34. The number of hydrogen-bond donors (Lipinski definition) is 0. The molecule has 144 valence electrons. The number of esters is 1. The average molecular weight is 379 g/mol. The molecule has 3 rings (SSSR count). The minimum Gasteiger partial charge on any atom is -0.490 e. The summed E-state index contributed by atoms with van der Waals surface area (Å²) in [5, 5.41) is 0.886. The predicted molar refractivity (Wildman–Crippen MR) is 105 cm³/mol. The van der Waals surface area contributed by atoms with E-state index in [0.29, 0.717) is 34.9 Å². The van der Waals surface area contributed by atoms with Crippen LogP contribution in [0.5, 0.6) is 11.5 Å². The van der Waals surface area contributed by atoms with Crippen LogP contribution in [0.1, 0.15) is 38.9 Å². The Balaban J connectivity index is 2.00. The Kier molecular flexibility index (Phi) is 5.89. The lowest BCUT2D eigenvalue weighted by molar-refractivity contribution is 0.0596. The molecule has 2 aromatic carbocycles. The van der Waals surface area contributed by atoms with Crippen LogP contribution < -0.4 is 9.47 Å². The SMILES string of the molecule is CCOc1cc(C=O)ccc1OCc1nc2ccccc2c(C)c1C(=O)OC. The summed E-state index contributed by atoms with van der Waals surface area (Å²) in [6.07, 6.45) is 0.746. The fourth-order valence-corrected chi connectivity index (χ4v) is 3.05. The molecular weight excluding hydrogens is 358 g/mol. The number of nitrogens with zero attached hydrogens (tertiary/aromatic N) is 1. The van der Waals surface area contributed by atoms with Gasteiger partial charge in [0.25, 0.3) is 0 Å². The molecule has 0 aliphatic carbocycles. The summed E-state index contributed by atoms with van der Waals surface area (Å²) in [6, 6.07) is 12.5. The van der Waals surface area contributed by atoms with Crippen LogP contribution >= 0.6 is 0 Å². The lowest BCUT2D eigenvalue weighted by Gasteiger charge is -2.15. The number of aromatic nitrogens is 1. The zero-order valence-electron chi connectivity index (χ0n) is 16.0. The molecule has 0 aliphatic rings. The smallest absolute Gasteiger partial charge is 0.340 e. The summed E-state index contributed by atoms with van der Waals surface area (Å²) in [5.41, 5.74) is 2.92. The Labute approximate surface area is 163 Å². The van der Waals surface area contributed by atoms with Crippen molar-refractivity contribution in [1.29, 1.82) is 0 Å². The summed E-state index contributed by atoms with van der Waals surface area (Å²) < 4.78 is 16.4. The fourth-order valence-electron chi connectivity index (χ4n) is 3.05. The molecule has 1 aromatic heterocycles. The van der Waals surface area contributed by atoms with Crippen molar-refractivity contribution in [3.63, 3.8) is 0 Å². The van der Waals surface area contributed by atoms with Gasteiger partial charge in [0.2, 0.25) is 0 Å². The maximum atomic E-state index is 12.4. The number of para-hydroxylation sites is 1. The normalized spacial score (nSPS) is 10.5. The molecule has 28 heavy (non-hydrogen) atoms. The monoisotopic (exact) mass is 379 g/mol. The second-order valence-corrected chi connectivity index (χ2v) is 6.11. The van der Waals surface area contributed by atoms with Crippen molar-refractivity contribution in [2.24, 2.45) is 0 Å². The van der Waals surface area contributed by atoms with E-state index in [1.54, 1.807) is 18.2 Å². The van der Waals surface area contributed by atoms with Crippen molar-refractivity contribution in [1.82, 2.24) is 4.98 Å². The maximum absolute atomic E-state index is 12.4. The topological polar surface area (TPSA) is 74.7 Å². The van der Waals surface area contributed by atoms with Crippen LogP contribution in [0, 0.1) is 6.92 Å². The van der Waals surface area contributed by atoms with Crippen LogP contribution in [0.25, 0.3) is 10.9 Å². The highest BCUT2D eigenvalue weighted by molar-refractivity contribution is 5.98. The van der Waals surface area contributed by atoms with Gasteiger partial charge in [0.05, 0.1) is 30.5 Å². The van der Waals surface area contributed by atoms with Gasteiger partial charge in [-0.25, -0.2) is 9.78 Å². The van der Waals surface area contributed by atoms with Crippen molar-refractivity contribution in [2.45, 2.75) is 20.5 Å². The molecule has 6 heteroatoms. The van der Waals surface area contributed by atoms with Crippen molar-refractivity contribution in [2.75, 3.05) is 13.7 Å². The zero-order valence-corrected chi connectivity index (χ0v) is 16.0. The van der Waals surface area contributed by atoms with E-state index in [1.165, 1.54) is 7.11 Å². The van der Waals surface area contributed by atoms with Gasteiger partial charge in [-0.05, 0) is 43.7 Å². The summed E-state index contributed by atoms with van der Waals surface area (Å²) in [5.74, 6) is 0.468. The van der Waals surface area contributed by atoms with E-state index in [0.717, 1.165) is 22.8 Å². The van der Waals surface area contributed by atoms with Gasteiger partial charge in [0.1, 0.15) is 12.9 Å². The molecule has 0 radical (unpaired) electrons. The predicted octanol–water partition coefficient (Wildman–Crippen LogP) is 4.12. The molecular formula is C22H21NO5. The number of rotatable bonds is 7. The first-order valence-electron chi connectivity index (χ1n) is 8.90. The second kappa shape index (κ2) is 8.52. The number of ether oxygens (including phenoxy) is 3. The molecule has 3 aromatic rings. The third-order valence-corrected chi connectivity index (χ3v) is 4.38. The van der Waals surface area contributed by atoms with Gasteiger partial charge in [-0.15, -0.1) is 0 Å². The van der Waals surface area contributed by atoms with Gasteiger partial charge in [-0.2, -0.15) is 0 Å². The van der Waals surface area contributed by atoms with E-state index in [-0.39, 0.29) is 6.61 Å². The summed E-state index contributed by atoms with van der Waals surface area (Å²) in [4.78, 5) is 28.0. The molecule has 1 heterocycles. The number of aldehydes is 1. The van der Waals surface area contributed by atoms with E-state index in [9.17, 15) is 9.59 Å². The zero-order chi connectivity index (χ0) is 20.1. The first-order chi connectivity index (χ1) is 13.6. The Morgan fingerprint density at radius 1 is 1.11 bits per heavy atom. The van der Waals surface area contributed by atoms with E-state index in [4.69, 9.17) is 14.2 Å². The van der Waals surface area contributed by atoms with Gasteiger partial charge in [0.15, 0.2) is 11.5 Å². The van der Waals surface area contributed by atoms with Crippen molar-refractivity contribution >= 4 is 23.2 Å². The van der Waals surface area contributed by atoms with Crippen LogP contribution in [-0.2, 0) is 11.3 Å². The third-order valence-electron chi connectivity index (χ3n) is 4.38.